The minimum atomic E-state index is -0.116. The number of hydrogen-bond donors (Lipinski definition) is 1. The second-order valence-electron chi connectivity index (χ2n) is 4.57. The van der Waals surface area contributed by atoms with E-state index in [9.17, 15) is 5.11 Å². The smallest absolute Gasteiger partial charge is 0.119 e. The van der Waals surface area contributed by atoms with Gasteiger partial charge in [-0.1, -0.05) is 6.42 Å². The number of ether oxygens (including phenoxy) is 2. The summed E-state index contributed by atoms with van der Waals surface area (Å²) in [4.78, 5) is 0. The van der Waals surface area contributed by atoms with Gasteiger partial charge in [0.05, 0.1) is 19.8 Å². The van der Waals surface area contributed by atoms with Gasteiger partial charge in [-0.05, 0) is 49.4 Å². The summed E-state index contributed by atoms with van der Waals surface area (Å²) in [6.45, 7) is 0.675. The van der Waals surface area contributed by atoms with Gasteiger partial charge in [-0.2, -0.15) is 0 Å². The Labute approximate surface area is 102 Å². The zero-order chi connectivity index (χ0) is 12.1. The molecule has 0 aliphatic heterocycles. The van der Waals surface area contributed by atoms with Crippen molar-refractivity contribution in [2.75, 3.05) is 13.7 Å². The Morgan fingerprint density at radius 3 is 2.47 bits per heavy atom. The van der Waals surface area contributed by atoms with Crippen molar-refractivity contribution in [1.82, 2.24) is 0 Å². The largest absolute Gasteiger partial charge is 0.497 e. The average Bonchev–Trinajstić information content (AvgIpc) is 2.76. The number of aliphatic hydroxyl groups is 1. The summed E-state index contributed by atoms with van der Waals surface area (Å²) in [6.07, 6.45) is 4.05. The van der Waals surface area contributed by atoms with Gasteiger partial charge < -0.3 is 14.6 Å². The van der Waals surface area contributed by atoms with Crippen molar-refractivity contribution in [2.45, 2.75) is 31.8 Å². The Balaban J connectivity index is 1.73. The zero-order valence-corrected chi connectivity index (χ0v) is 10.3. The van der Waals surface area contributed by atoms with E-state index in [0.29, 0.717) is 12.5 Å². The first-order valence-electron chi connectivity index (χ1n) is 6.24. The molecule has 17 heavy (non-hydrogen) atoms. The van der Waals surface area contributed by atoms with Crippen molar-refractivity contribution >= 4 is 0 Å². The first-order chi connectivity index (χ1) is 8.29. The maximum atomic E-state index is 9.68. The summed E-state index contributed by atoms with van der Waals surface area (Å²) < 4.78 is 10.7. The van der Waals surface area contributed by atoms with Crippen LogP contribution in [0.25, 0.3) is 0 Å². The van der Waals surface area contributed by atoms with E-state index >= 15 is 0 Å². The molecular formula is C14H20O3. The SMILES string of the molecule is COc1ccc(OCCC2CCCC2O)cc1. The average molecular weight is 236 g/mol. The van der Waals surface area contributed by atoms with Gasteiger partial charge in [0.25, 0.3) is 0 Å². The minimum Gasteiger partial charge on any atom is -0.497 e. The molecule has 1 saturated carbocycles. The van der Waals surface area contributed by atoms with E-state index < -0.39 is 0 Å². The molecule has 1 N–H and O–H groups in total. The highest BCUT2D eigenvalue weighted by Crippen LogP contribution is 2.28. The lowest BCUT2D eigenvalue weighted by molar-refractivity contribution is 0.117. The molecule has 2 unspecified atom stereocenters. The fourth-order valence-electron chi connectivity index (χ4n) is 2.35. The van der Waals surface area contributed by atoms with E-state index in [1.165, 1.54) is 0 Å². The first kappa shape index (κ1) is 12.2. The maximum absolute atomic E-state index is 9.68. The third kappa shape index (κ3) is 3.37. The van der Waals surface area contributed by atoms with Crippen molar-refractivity contribution in [1.29, 1.82) is 0 Å². The van der Waals surface area contributed by atoms with E-state index in [2.05, 4.69) is 0 Å². The molecule has 0 aromatic heterocycles. The van der Waals surface area contributed by atoms with Crippen molar-refractivity contribution < 1.29 is 14.6 Å². The molecule has 2 atom stereocenters. The topological polar surface area (TPSA) is 38.7 Å². The molecule has 3 heteroatoms. The van der Waals surface area contributed by atoms with Gasteiger partial charge in [0.2, 0.25) is 0 Å². The normalized spacial score (nSPS) is 23.6. The molecule has 0 heterocycles. The number of rotatable bonds is 5. The molecule has 1 aromatic rings. The lowest BCUT2D eigenvalue weighted by Gasteiger charge is -2.14. The van der Waals surface area contributed by atoms with Crippen LogP contribution in [-0.4, -0.2) is 24.9 Å². The minimum absolute atomic E-state index is 0.116. The summed E-state index contributed by atoms with van der Waals surface area (Å²) in [5.74, 6) is 2.12. The van der Waals surface area contributed by atoms with E-state index in [1.54, 1.807) is 7.11 Å². The van der Waals surface area contributed by atoms with Crippen LogP contribution < -0.4 is 9.47 Å². The van der Waals surface area contributed by atoms with Crippen molar-refractivity contribution in [3.63, 3.8) is 0 Å². The van der Waals surface area contributed by atoms with Crippen LogP contribution in [0.3, 0.4) is 0 Å². The van der Waals surface area contributed by atoms with Gasteiger partial charge in [-0.25, -0.2) is 0 Å². The van der Waals surface area contributed by atoms with Crippen LogP contribution in [0, 0.1) is 5.92 Å². The summed E-state index contributed by atoms with van der Waals surface area (Å²) >= 11 is 0. The van der Waals surface area contributed by atoms with E-state index in [-0.39, 0.29) is 6.10 Å². The summed E-state index contributed by atoms with van der Waals surface area (Å²) in [7, 11) is 1.65. The molecule has 3 nitrogen and oxygen atoms in total. The summed E-state index contributed by atoms with van der Waals surface area (Å²) in [6, 6.07) is 7.59. The molecule has 0 amide bonds. The lowest BCUT2D eigenvalue weighted by Crippen LogP contribution is -2.15. The molecular weight excluding hydrogens is 216 g/mol. The van der Waals surface area contributed by atoms with Crippen LogP contribution in [0.1, 0.15) is 25.7 Å². The quantitative estimate of drug-likeness (QED) is 0.854. The van der Waals surface area contributed by atoms with Crippen LogP contribution in [0.2, 0.25) is 0 Å². The second kappa shape index (κ2) is 5.92. The van der Waals surface area contributed by atoms with E-state index in [1.807, 2.05) is 24.3 Å². The molecule has 94 valence electrons. The Hall–Kier alpha value is -1.22. The molecule has 1 fully saturated rings. The van der Waals surface area contributed by atoms with Crippen LogP contribution in [0.5, 0.6) is 11.5 Å². The van der Waals surface area contributed by atoms with Gasteiger partial charge in [0, 0.05) is 0 Å². The summed E-state index contributed by atoms with van der Waals surface area (Å²) in [5, 5.41) is 9.68. The van der Waals surface area contributed by atoms with Gasteiger partial charge in [-0.3, -0.25) is 0 Å². The van der Waals surface area contributed by atoms with E-state index in [0.717, 1.165) is 37.2 Å². The second-order valence-corrected chi connectivity index (χ2v) is 4.57. The van der Waals surface area contributed by atoms with Crippen LogP contribution >= 0.6 is 0 Å². The first-order valence-corrected chi connectivity index (χ1v) is 6.24. The Kier molecular flexibility index (Phi) is 4.26. The Morgan fingerprint density at radius 2 is 1.88 bits per heavy atom. The molecule has 0 bridgehead atoms. The van der Waals surface area contributed by atoms with Crippen molar-refractivity contribution in [3.8, 4) is 11.5 Å². The fraction of sp³-hybridized carbons (Fsp3) is 0.571. The predicted octanol–water partition coefficient (Wildman–Crippen LogP) is 2.63. The molecule has 0 spiro atoms. The number of methoxy groups -OCH3 is 1. The third-order valence-corrected chi connectivity index (χ3v) is 3.44. The Morgan fingerprint density at radius 1 is 1.18 bits per heavy atom. The summed E-state index contributed by atoms with van der Waals surface area (Å²) in [5.41, 5.74) is 0. The van der Waals surface area contributed by atoms with Crippen LogP contribution in [-0.2, 0) is 0 Å². The molecule has 1 aromatic carbocycles. The van der Waals surface area contributed by atoms with Crippen molar-refractivity contribution in [3.05, 3.63) is 24.3 Å². The van der Waals surface area contributed by atoms with Crippen molar-refractivity contribution in [2.24, 2.45) is 5.92 Å². The van der Waals surface area contributed by atoms with Gasteiger partial charge >= 0.3 is 0 Å². The molecule has 0 saturated heterocycles. The fourth-order valence-corrected chi connectivity index (χ4v) is 2.35. The maximum Gasteiger partial charge on any atom is 0.119 e. The molecule has 1 aliphatic carbocycles. The Bertz CT molecular complexity index is 334. The highest BCUT2D eigenvalue weighted by Gasteiger charge is 2.24. The molecule has 1 aliphatic rings. The van der Waals surface area contributed by atoms with E-state index in [4.69, 9.17) is 9.47 Å². The van der Waals surface area contributed by atoms with Gasteiger partial charge in [0.15, 0.2) is 0 Å². The lowest BCUT2D eigenvalue weighted by atomic mass is 10.0. The van der Waals surface area contributed by atoms with Gasteiger partial charge in [0.1, 0.15) is 11.5 Å². The standard InChI is InChI=1S/C14H20O3/c1-16-12-5-7-13(8-6-12)17-10-9-11-3-2-4-14(11)15/h5-8,11,14-15H,2-4,9-10H2,1H3. The number of aliphatic hydroxyl groups excluding tert-OH is 1. The predicted molar refractivity (Wildman–Crippen MR) is 66.5 cm³/mol. The molecule has 0 radical (unpaired) electrons. The number of hydrogen-bond acceptors (Lipinski definition) is 3. The zero-order valence-electron chi connectivity index (χ0n) is 10.3. The van der Waals surface area contributed by atoms with Crippen LogP contribution in [0.15, 0.2) is 24.3 Å². The highest BCUT2D eigenvalue weighted by atomic mass is 16.5. The highest BCUT2D eigenvalue weighted by molar-refractivity contribution is 5.31. The monoisotopic (exact) mass is 236 g/mol. The third-order valence-electron chi connectivity index (χ3n) is 3.44. The van der Waals surface area contributed by atoms with Gasteiger partial charge in [-0.15, -0.1) is 0 Å². The molecule has 2 rings (SSSR count). The van der Waals surface area contributed by atoms with Crippen LogP contribution in [0.4, 0.5) is 0 Å². The number of benzene rings is 1.